The van der Waals surface area contributed by atoms with Gasteiger partial charge in [-0.3, -0.25) is 4.99 Å². The lowest BCUT2D eigenvalue weighted by atomic mass is 10.1. The van der Waals surface area contributed by atoms with Crippen molar-refractivity contribution in [2.45, 2.75) is 32.6 Å². The molecule has 0 saturated carbocycles. The van der Waals surface area contributed by atoms with E-state index in [4.69, 9.17) is 0 Å². The molecule has 0 aliphatic carbocycles. The molecule has 1 unspecified atom stereocenters. The summed E-state index contributed by atoms with van der Waals surface area (Å²) in [7, 11) is 0. The summed E-state index contributed by atoms with van der Waals surface area (Å²) in [6, 6.07) is 5.88. The van der Waals surface area contributed by atoms with Gasteiger partial charge in [-0.05, 0) is 31.0 Å². The third-order valence-electron chi connectivity index (χ3n) is 3.70. The zero-order valence-corrected chi connectivity index (χ0v) is 15.2. The Kier molecular flexibility index (Phi) is 8.50. The summed E-state index contributed by atoms with van der Waals surface area (Å²) in [4.78, 5) is 8.37. The number of aliphatic imine (C=N–C) groups is 1. The van der Waals surface area contributed by atoms with Crippen molar-refractivity contribution < 1.29 is 18.6 Å². The molecule has 0 fully saturated rings. The highest BCUT2D eigenvalue weighted by molar-refractivity contribution is 5.79. The molecule has 9 heteroatoms. The van der Waals surface area contributed by atoms with Gasteiger partial charge in [-0.1, -0.05) is 12.1 Å². The first kappa shape index (κ1) is 20.6. The molecule has 27 heavy (non-hydrogen) atoms. The van der Waals surface area contributed by atoms with Crippen molar-refractivity contribution in [2.75, 3.05) is 19.6 Å². The second-order valence-electron chi connectivity index (χ2n) is 5.76. The Morgan fingerprint density at radius 1 is 1.30 bits per heavy atom. The highest BCUT2D eigenvalue weighted by atomic mass is 19.3. The van der Waals surface area contributed by atoms with Gasteiger partial charge in [0, 0.05) is 32.0 Å². The van der Waals surface area contributed by atoms with E-state index in [1.165, 1.54) is 12.1 Å². The Morgan fingerprint density at radius 2 is 2.07 bits per heavy atom. The van der Waals surface area contributed by atoms with Gasteiger partial charge < -0.3 is 25.0 Å². The maximum absolute atomic E-state index is 12.2. The number of nitrogens with zero attached hydrogens (tertiary/aromatic N) is 3. The zero-order chi connectivity index (χ0) is 19.5. The minimum absolute atomic E-state index is 0.0531. The molecule has 2 rings (SSSR count). The number of halogens is 2. The van der Waals surface area contributed by atoms with Crippen LogP contribution in [0.4, 0.5) is 8.78 Å². The van der Waals surface area contributed by atoms with Gasteiger partial charge >= 0.3 is 6.61 Å². The summed E-state index contributed by atoms with van der Waals surface area (Å²) in [5.41, 5.74) is 0.580. The predicted molar refractivity (Wildman–Crippen MR) is 98.9 cm³/mol. The highest BCUT2D eigenvalue weighted by Crippen LogP contribution is 2.19. The fourth-order valence-electron chi connectivity index (χ4n) is 2.38. The Bertz CT molecular complexity index is 678. The quantitative estimate of drug-likeness (QED) is 0.334. The normalized spacial score (nSPS) is 12.9. The number of imidazole rings is 1. The summed E-state index contributed by atoms with van der Waals surface area (Å²) < 4.78 is 30.6. The van der Waals surface area contributed by atoms with Crippen LogP contribution in [-0.2, 0) is 6.54 Å². The fraction of sp³-hybridized carbons (Fsp3) is 0.444. The van der Waals surface area contributed by atoms with Gasteiger partial charge in [0.15, 0.2) is 5.96 Å². The van der Waals surface area contributed by atoms with Gasteiger partial charge in [-0.15, -0.1) is 0 Å². The molecule has 1 aromatic carbocycles. The third-order valence-corrected chi connectivity index (χ3v) is 3.70. The van der Waals surface area contributed by atoms with E-state index >= 15 is 0 Å². The SMILES string of the molecule is CCNC(=NCC(O)c1ccc(OC(F)F)cc1)NCCCn1ccnc1. The van der Waals surface area contributed by atoms with Crippen molar-refractivity contribution in [1.29, 1.82) is 0 Å². The molecule has 0 amide bonds. The number of hydrogen-bond donors (Lipinski definition) is 3. The van der Waals surface area contributed by atoms with Gasteiger partial charge in [0.1, 0.15) is 5.75 Å². The van der Waals surface area contributed by atoms with Crippen LogP contribution < -0.4 is 15.4 Å². The van der Waals surface area contributed by atoms with Crippen LogP contribution >= 0.6 is 0 Å². The Hall–Kier alpha value is -2.68. The van der Waals surface area contributed by atoms with Gasteiger partial charge in [-0.25, -0.2) is 4.98 Å². The van der Waals surface area contributed by atoms with E-state index in [2.05, 4.69) is 25.3 Å². The lowest BCUT2D eigenvalue weighted by molar-refractivity contribution is -0.0498. The number of benzene rings is 1. The molecule has 148 valence electrons. The van der Waals surface area contributed by atoms with Crippen LogP contribution in [0.15, 0.2) is 48.0 Å². The van der Waals surface area contributed by atoms with Crippen LogP contribution in [0, 0.1) is 0 Å². The number of nitrogens with one attached hydrogen (secondary N) is 2. The number of alkyl halides is 2. The molecule has 3 N–H and O–H groups in total. The van der Waals surface area contributed by atoms with Crippen LogP contribution in [0.5, 0.6) is 5.75 Å². The number of ether oxygens (including phenoxy) is 1. The van der Waals surface area contributed by atoms with Crippen molar-refractivity contribution in [3.63, 3.8) is 0 Å². The summed E-state index contributed by atoms with van der Waals surface area (Å²) >= 11 is 0. The zero-order valence-electron chi connectivity index (χ0n) is 15.2. The maximum Gasteiger partial charge on any atom is 0.387 e. The van der Waals surface area contributed by atoms with E-state index in [1.54, 1.807) is 24.7 Å². The van der Waals surface area contributed by atoms with E-state index in [0.717, 1.165) is 19.5 Å². The first-order valence-corrected chi connectivity index (χ1v) is 8.79. The molecule has 0 aliphatic rings. The molecule has 7 nitrogen and oxygen atoms in total. The monoisotopic (exact) mass is 381 g/mol. The van der Waals surface area contributed by atoms with Crippen LogP contribution in [0.3, 0.4) is 0 Å². The van der Waals surface area contributed by atoms with Crippen molar-refractivity contribution in [2.24, 2.45) is 4.99 Å². The average Bonchev–Trinajstić information content (AvgIpc) is 3.16. The van der Waals surface area contributed by atoms with Crippen molar-refractivity contribution in [3.8, 4) is 5.75 Å². The largest absolute Gasteiger partial charge is 0.435 e. The average molecular weight is 381 g/mol. The number of aliphatic hydroxyl groups excluding tert-OH is 1. The second-order valence-corrected chi connectivity index (χ2v) is 5.76. The number of rotatable bonds is 10. The number of guanidine groups is 1. The van der Waals surface area contributed by atoms with Crippen molar-refractivity contribution in [3.05, 3.63) is 48.5 Å². The lowest BCUT2D eigenvalue weighted by Crippen LogP contribution is -2.38. The van der Waals surface area contributed by atoms with Gasteiger partial charge in [0.2, 0.25) is 0 Å². The van der Waals surface area contributed by atoms with Gasteiger partial charge in [0.05, 0.1) is 19.0 Å². The Balaban J connectivity index is 1.81. The molecule has 1 heterocycles. The Labute approximate surface area is 157 Å². The third kappa shape index (κ3) is 7.61. The predicted octanol–water partition coefficient (Wildman–Crippen LogP) is 2.16. The van der Waals surface area contributed by atoms with Crippen molar-refractivity contribution in [1.82, 2.24) is 20.2 Å². The topological polar surface area (TPSA) is 83.7 Å². The van der Waals surface area contributed by atoms with E-state index in [1.807, 2.05) is 17.7 Å². The first-order valence-electron chi connectivity index (χ1n) is 8.79. The summed E-state index contributed by atoms with van der Waals surface area (Å²) in [5.74, 6) is 0.664. The maximum atomic E-state index is 12.2. The van der Waals surface area contributed by atoms with Crippen molar-refractivity contribution >= 4 is 5.96 Å². The molecular weight excluding hydrogens is 356 g/mol. The van der Waals surface area contributed by atoms with E-state index < -0.39 is 12.7 Å². The minimum atomic E-state index is -2.87. The second kappa shape index (κ2) is 11.1. The summed E-state index contributed by atoms with van der Waals surface area (Å²) in [5, 5.41) is 16.6. The number of aliphatic hydroxyl groups is 1. The molecule has 2 aromatic rings. The molecule has 0 spiro atoms. The molecule has 0 radical (unpaired) electrons. The molecule has 1 atom stereocenters. The van der Waals surface area contributed by atoms with Crippen LogP contribution in [0.25, 0.3) is 0 Å². The molecule has 0 saturated heterocycles. The first-order chi connectivity index (χ1) is 13.1. The smallest absolute Gasteiger partial charge is 0.387 e. The lowest BCUT2D eigenvalue weighted by Gasteiger charge is -2.14. The Morgan fingerprint density at radius 3 is 2.70 bits per heavy atom. The van der Waals surface area contributed by atoms with E-state index in [-0.39, 0.29) is 12.3 Å². The standard InChI is InChI=1S/C18H25F2N5O2/c1-2-22-18(23-8-3-10-25-11-9-21-13-25)24-12-16(26)14-4-6-15(7-5-14)27-17(19)20/h4-7,9,11,13,16-17,26H,2-3,8,10,12H2,1H3,(H2,22,23,24). The van der Waals surface area contributed by atoms with Gasteiger partial charge in [-0.2, -0.15) is 8.78 Å². The molecule has 0 aliphatic heterocycles. The van der Waals surface area contributed by atoms with Crippen LogP contribution in [0.1, 0.15) is 25.0 Å². The molecular formula is C18H25F2N5O2. The van der Waals surface area contributed by atoms with E-state index in [9.17, 15) is 13.9 Å². The van der Waals surface area contributed by atoms with Crippen LogP contribution in [-0.4, -0.2) is 46.9 Å². The summed E-state index contributed by atoms with van der Waals surface area (Å²) in [6.07, 6.45) is 5.48. The molecule has 1 aromatic heterocycles. The van der Waals surface area contributed by atoms with E-state index in [0.29, 0.717) is 18.1 Å². The summed E-state index contributed by atoms with van der Waals surface area (Å²) in [6.45, 7) is 1.51. The molecule has 0 bridgehead atoms. The van der Waals surface area contributed by atoms with Gasteiger partial charge in [0.25, 0.3) is 0 Å². The number of hydrogen-bond acceptors (Lipinski definition) is 4. The van der Waals surface area contributed by atoms with Crippen LogP contribution in [0.2, 0.25) is 0 Å². The minimum Gasteiger partial charge on any atom is -0.435 e. The fourth-order valence-corrected chi connectivity index (χ4v) is 2.38. The number of aromatic nitrogens is 2. The highest BCUT2D eigenvalue weighted by Gasteiger charge is 2.09. The number of aryl methyl sites for hydroxylation is 1.